The molecule has 9 heteroatoms. The van der Waals surface area contributed by atoms with Gasteiger partial charge in [0, 0.05) is 45.1 Å². The van der Waals surface area contributed by atoms with Gasteiger partial charge in [-0.1, -0.05) is 0 Å². The van der Waals surface area contributed by atoms with Gasteiger partial charge in [0.1, 0.15) is 5.82 Å². The van der Waals surface area contributed by atoms with Crippen LogP contribution in [0.5, 0.6) is 0 Å². The fraction of sp³-hybridized carbons (Fsp3) is 0.812. The number of hydrogen-bond acceptors (Lipinski definition) is 6. The molecule has 2 atom stereocenters. The molecule has 1 aromatic rings. The molecule has 2 saturated heterocycles. The Bertz CT molecular complexity index is 619. The zero-order valence-electron chi connectivity index (χ0n) is 14.7. The van der Waals surface area contributed by atoms with Gasteiger partial charge in [-0.2, -0.15) is 0 Å². The molecule has 25 heavy (non-hydrogen) atoms. The Morgan fingerprint density at radius 3 is 2.88 bits per heavy atom. The molecule has 2 aliphatic rings. The number of piperidine rings is 2. The van der Waals surface area contributed by atoms with Gasteiger partial charge < -0.3 is 14.9 Å². The van der Waals surface area contributed by atoms with Crippen LogP contribution in [0.2, 0.25) is 0 Å². The van der Waals surface area contributed by atoms with E-state index in [1.165, 1.54) is 0 Å². The highest BCUT2D eigenvalue weighted by Crippen LogP contribution is 2.31. The molecule has 0 aromatic carbocycles. The third-order valence-corrected chi connectivity index (χ3v) is 5.30. The molecule has 138 valence electrons. The normalized spacial score (nSPS) is 23.7. The van der Waals surface area contributed by atoms with Crippen LogP contribution in [0.15, 0.2) is 0 Å². The van der Waals surface area contributed by atoms with Crippen LogP contribution in [0.4, 0.5) is 0 Å². The Kier molecular flexibility index (Phi) is 5.62. The summed E-state index contributed by atoms with van der Waals surface area (Å²) in [5.41, 5.74) is 0. The highest BCUT2D eigenvalue weighted by atomic mass is 16.3. The largest absolute Gasteiger partial charge is 0.396 e. The number of carbonyl (C=O) groups excluding carboxylic acids is 2. The maximum Gasteiger partial charge on any atom is 0.224 e. The number of aryl methyl sites for hydroxylation is 2. The Morgan fingerprint density at radius 2 is 2.16 bits per heavy atom. The van der Waals surface area contributed by atoms with Crippen molar-refractivity contribution >= 4 is 11.8 Å². The lowest BCUT2D eigenvalue weighted by molar-refractivity contribution is -0.144. The topological polar surface area (TPSA) is 104 Å². The standard InChI is InChI=1S/C16H26N6O3/c1-12-17-18-19-22(12)9-6-15(24)20-8-5-14-13(11-20)3-4-16(25)21(14)7-2-10-23/h13-14,23H,2-11H2,1H3/t13-,14+/m0/s1. The van der Waals surface area contributed by atoms with E-state index in [2.05, 4.69) is 15.5 Å². The maximum atomic E-state index is 12.5. The van der Waals surface area contributed by atoms with E-state index in [1.54, 1.807) is 4.68 Å². The van der Waals surface area contributed by atoms with Gasteiger partial charge in [0.05, 0.1) is 6.54 Å². The van der Waals surface area contributed by atoms with Gasteiger partial charge in [-0.15, -0.1) is 5.10 Å². The van der Waals surface area contributed by atoms with E-state index in [9.17, 15) is 9.59 Å². The molecule has 0 aliphatic carbocycles. The zero-order chi connectivity index (χ0) is 17.8. The first-order valence-electron chi connectivity index (χ1n) is 9.01. The lowest BCUT2D eigenvalue weighted by atomic mass is 9.83. The average molecular weight is 350 g/mol. The maximum absolute atomic E-state index is 12.5. The lowest BCUT2D eigenvalue weighted by Crippen LogP contribution is -2.57. The fourth-order valence-corrected chi connectivity index (χ4v) is 3.92. The lowest BCUT2D eigenvalue weighted by Gasteiger charge is -2.47. The Labute approximate surface area is 147 Å². The number of nitrogens with zero attached hydrogens (tertiary/aromatic N) is 6. The van der Waals surface area contributed by atoms with Gasteiger partial charge in [-0.25, -0.2) is 4.68 Å². The highest BCUT2D eigenvalue weighted by Gasteiger charge is 2.39. The van der Waals surface area contributed by atoms with Crippen molar-refractivity contribution in [3.8, 4) is 0 Å². The first kappa shape index (κ1) is 17.8. The zero-order valence-corrected chi connectivity index (χ0v) is 14.7. The van der Waals surface area contributed by atoms with Crippen molar-refractivity contribution in [2.45, 2.75) is 51.6 Å². The minimum Gasteiger partial charge on any atom is -0.396 e. The summed E-state index contributed by atoms with van der Waals surface area (Å²) in [7, 11) is 0. The SMILES string of the molecule is Cc1nnnn1CCC(=O)N1CC[C@@H]2[C@@H](CCC(=O)N2CCCO)C1. The smallest absolute Gasteiger partial charge is 0.224 e. The average Bonchev–Trinajstić information content (AvgIpc) is 3.03. The number of aromatic nitrogens is 4. The van der Waals surface area contributed by atoms with E-state index in [-0.39, 0.29) is 24.5 Å². The molecule has 3 rings (SSSR count). The molecule has 0 bridgehead atoms. The molecular weight excluding hydrogens is 324 g/mol. The predicted octanol–water partition coefficient (Wildman–Crippen LogP) is -0.406. The third kappa shape index (κ3) is 3.97. The van der Waals surface area contributed by atoms with Crippen LogP contribution in [0, 0.1) is 12.8 Å². The van der Waals surface area contributed by atoms with Crippen LogP contribution >= 0.6 is 0 Å². The second-order valence-corrected chi connectivity index (χ2v) is 6.86. The number of tetrazole rings is 1. The molecule has 0 spiro atoms. The van der Waals surface area contributed by atoms with Crippen molar-refractivity contribution in [1.29, 1.82) is 0 Å². The fourth-order valence-electron chi connectivity index (χ4n) is 3.92. The van der Waals surface area contributed by atoms with Gasteiger partial charge in [-0.3, -0.25) is 9.59 Å². The number of carbonyl (C=O) groups is 2. The van der Waals surface area contributed by atoms with E-state index < -0.39 is 0 Å². The summed E-state index contributed by atoms with van der Waals surface area (Å²) in [6.45, 7) is 4.41. The number of fused-ring (bicyclic) bond motifs is 1. The third-order valence-electron chi connectivity index (χ3n) is 5.30. The Balaban J connectivity index is 1.54. The van der Waals surface area contributed by atoms with E-state index in [4.69, 9.17) is 5.11 Å². The number of hydrogen-bond donors (Lipinski definition) is 1. The van der Waals surface area contributed by atoms with Crippen LogP contribution < -0.4 is 0 Å². The van der Waals surface area contributed by atoms with Gasteiger partial charge in [0.25, 0.3) is 0 Å². The molecule has 2 aliphatic heterocycles. The molecule has 0 radical (unpaired) electrons. The van der Waals surface area contributed by atoms with Crippen molar-refractivity contribution in [3.63, 3.8) is 0 Å². The van der Waals surface area contributed by atoms with E-state index in [0.717, 1.165) is 12.8 Å². The summed E-state index contributed by atoms with van der Waals surface area (Å²) in [6, 6.07) is 0.207. The predicted molar refractivity (Wildman–Crippen MR) is 88.3 cm³/mol. The van der Waals surface area contributed by atoms with Crippen LogP contribution in [0.25, 0.3) is 0 Å². The second-order valence-electron chi connectivity index (χ2n) is 6.86. The minimum absolute atomic E-state index is 0.0995. The van der Waals surface area contributed by atoms with Crippen LogP contribution in [0.1, 0.15) is 37.9 Å². The van der Waals surface area contributed by atoms with Crippen molar-refractivity contribution < 1.29 is 14.7 Å². The monoisotopic (exact) mass is 350 g/mol. The Hall–Kier alpha value is -2.03. The summed E-state index contributed by atoms with van der Waals surface area (Å²) in [4.78, 5) is 28.6. The van der Waals surface area contributed by atoms with Crippen LogP contribution in [-0.4, -0.2) is 79.2 Å². The summed E-state index contributed by atoms with van der Waals surface area (Å²) in [6.07, 6.45) is 3.20. The second kappa shape index (κ2) is 7.90. The number of rotatable bonds is 6. The van der Waals surface area contributed by atoms with Gasteiger partial charge in [0.2, 0.25) is 11.8 Å². The van der Waals surface area contributed by atoms with Crippen molar-refractivity contribution in [2.24, 2.45) is 5.92 Å². The molecule has 0 saturated carbocycles. The molecule has 1 aromatic heterocycles. The van der Waals surface area contributed by atoms with Gasteiger partial charge in [-0.05, 0) is 42.5 Å². The van der Waals surface area contributed by atoms with Crippen LogP contribution in [0.3, 0.4) is 0 Å². The molecule has 0 unspecified atom stereocenters. The number of aliphatic hydroxyl groups is 1. The molecule has 2 amide bonds. The van der Waals surface area contributed by atoms with Crippen molar-refractivity contribution in [1.82, 2.24) is 30.0 Å². The summed E-state index contributed by atoms with van der Waals surface area (Å²) < 4.78 is 1.64. The molecule has 9 nitrogen and oxygen atoms in total. The summed E-state index contributed by atoms with van der Waals surface area (Å²) in [5, 5.41) is 20.3. The first-order chi connectivity index (χ1) is 12.1. The molecule has 1 N–H and O–H groups in total. The highest BCUT2D eigenvalue weighted by molar-refractivity contribution is 5.78. The minimum atomic E-state index is 0.0995. The van der Waals surface area contributed by atoms with Crippen LogP contribution in [-0.2, 0) is 16.1 Å². The molecule has 2 fully saturated rings. The number of amides is 2. The molecule has 3 heterocycles. The van der Waals surface area contributed by atoms with E-state index >= 15 is 0 Å². The van der Waals surface area contributed by atoms with E-state index in [0.29, 0.717) is 57.2 Å². The Morgan fingerprint density at radius 1 is 1.32 bits per heavy atom. The van der Waals surface area contributed by atoms with Gasteiger partial charge in [0.15, 0.2) is 0 Å². The van der Waals surface area contributed by atoms with E-state index in [1.807, 2.05) is 16.7 Å². The summed E-state index contributed by atoms with van der Waals surface area (Å²) >= 11 is 0. The van der Waals surface area contributed by atoms with Crippen molar-refractivity contribution in [3.05, 3.63) is 5.82 Å². The number of aliphatic hydroxyl groups excluding tert-OH is 1. The van der Waals surface area contributed by atoms with Crippen molar-refractivity contribution in [2.75, 3.05) is 26.2 Å². The molecular formula is C16H26N6O3. The quantitative estimate of drug-likeness (QED) is 0.748. The van der Waals surface area contributed by atoms with Gasteiger partial charge >= 0.3 is 0 Å². The summed E-state index contributed by atoms with van der Waals surface area (Å²) in [5.74, 6) is 1.34. The number of likely N-dealkylation sites (tertiary alicyclic amines) is 2. The first-order valence-corrected chi connectivity index (χ1v) is 9.01.